The molecule has 0 radical (unpaired) electrons. The van der Waals surface area contributed by atoms with E-state index in [1.807, 2.05) is 0 Å². The molecule has 2 aromatic rings. The first kappa shape index (κ1) is 15.9. The lowest BCUT2D eigenvalue weighted by atomic mass is 10.4. The van der Waals surface area contributed by atoms with Gasteiger partial charge in [-0.2, -0.15) is 0 Å². The lowest BCUT2D eigenvalue weighted by Gasteiger charge is -2.14. The monoisotopic (exact) mass is 375 g/mol. The summed E-state index contributed by atoms with van der Waals surface area (Å²) in [6.07, 6.45) is 0. The Labute approximate surface area is 135 Å². The third kappa shape index (κ3) is 4.82. The zero-order valence-electron chi connectivity index (χ0n) is 11.6. The molecule has 4 nitrogen and oxygen atoms in total. The number of hydrogen-bond donors (Lipinski definition) is 1. The van der Waals surface area contributed by atoms with Crippen LogP contribution in [0.15, 0.2) is 21.3 Å². The summed E-state index contributed by atoms with van der Waals surface area (Å²) in [4.78, 5) is 8.16. The van der Waals surface area contributed by atoms with E-state index in [1.165, 1.54) is 4.88 Å². The third-order valence-corrected chi connectivity index (χ3v) is 5.36. The summed E-state index contributed by atoms with van der Waals surface area (Å²) < 4.78 is 6.15. The van der Waals surface area contributed by atoms with Crippen molar-refractivity contribution in [1.29, 1.82) is 0 Å². The number of methoxy groups -OCH3 is 1. The third-order valence-electron chi connectivity index (χ3n) is 2.67. The SMILES string of the molecule is COCCNCc1csc(N(C)Cc2cc(Br)cs2)n1. The van der Waals surface area contributed by atoms with Gasteiger partial charge in [0.15, 0.2) is 5.13 Å². The minimum atomic E-state index is 0.726. The van der Waals surface area contributed by atoms with Crippen LogP contribution < -0.4 is 10.2 Å². The molecule has 0 aliphatic carbocycles. The highest BCUT2D eigenvalue weighted by Crippen LogP contribution is 2.25. The molecule has 0 aliphatic rings. The summed E-state index contributed by atoms with van der Waals surface area (Å²) in [6.45, 7) is 3.26. The molecule has 0 saturated carbocycles. The van der Waals surface area contributed by atoms with Crippen LogP contribution in [0.25, 0.3) is 0 Å². The van der Waals surface area contributed by atoms with E-state index in [0.717, 1.165) is 41.5 Å². The summed E-state index contributed by atoms with van der Waals surface area (Å²) in [5.74, 6) is 0. The van der Waals surface area contributed by atoms with Gasteiger partial charge in [-0.05, 0) is 22.0 Å². The number of nitrogens with zero attached hydrogens (tertiary/aromatic N) is 2. The van der Waals surface area contributed by atoms with Crippen LogP contribution in [0.4, 0.5) is 5.13 Å². The number of thiazole rings is 1. The zero-order valence-corrected chi connectivity index (χ0v) is 14.8. The number of aromatic nitrogens is 1. The molecule has 20 heavy (non-hydrogen) atoms. The van der Waals surface area contributed by atoms with Gasteiger partial charge in [0.2, 0.25) is 0 Å². The van der Waals surface area contributed by atoms with Crippen molar-refractivity contribution in [3.8, 4) is 0 Å². The second-order valence-electron chi connectivity index (χ2n) is 4.38. The summed E-state index contributed by atoms with van der Waals surface area (Å²) in [5.41, 5.74) is 1.08. The fraction of sp³-hybridized carbons (Fsp3) is 0.462. The molecule has 0 spiro atoms. The van der Waals surface area contributed by atoms with Crippen molar-refractivity contribution in [3.05, 3.63) is 31.9 Å². The van der Waals surface area contributed by atoms with Gasteiger partial charge in [0.25, 0.3) is 0 Å². The second kappa shape index (κ2) is 8.09. The molecule has 0 amide bonds. The van der Waals surface area contributed by atoms with Crippen LogP contribution in [0.1, 0.15) is 10.6 Å². The standard InChI is InChI=1S/C13H18BrN3OS2/c1-17(7-12-5-10(14)8-19-12)13-16-11(9-20-13)6-15-3-4-18-2/h5,8-9,15H,3-4,6-7H2,1-2H3. The zero-order chi connectivity index (χ0) is 14.4. The fourth-order valence-corrected chi connectivity index (χ4v) is 3.98. The van der Waals surface area contributed by atoms with E-state index in [4.69, 9.17) is 4.74 Å². The molecule has 0 aromatic carbocycles. The van der Waals surface area contributed by atoms with E-state index in [1.54, 1.807) is 29.8 Å². The van der Waals surface area contributed by atoms with Crippen molar-refractivity contribution in [2.24, 2.45) is 0 Å². The summed E-state index contributed by atoms with van der Waals surface area (Å²) in [6, 6.07) is 2.15. The molecule has 2 heterocycles. The minimum absolute atomic E-state index is 0.726. The highest BCUT2D eigenvalue weighted by molar-refractivity contribution is 9.10. The van der Waals surface area contributed by atoms with Gasteiger partial charge < -0.3 is 15.0 Å². The van der Waals surface area contributed by atoms with Gasteiger partial charge >= 0.3 is 0 Å². The molecule has 0 fully saturated rings. The van der Waals surface area contributed by atoms with Gasteiger partial charge in [0.1, 0.15) is 0 Å². The van der Waals surface area contributed by atoms with Crippen LogP contribution >= 0.6 is 38.6 Å². The molecule has 7 heteroatoms. The van der Waals surface area contributed by atoms with E-state index < -0.39 is 0 Å². The number of rotatable bonds is 8. The van der Waals surface area contributed by atoms with Gasteiger partial charge in [-0.1, -0.05) is 0 Å². The molecule has 0 saturated heterocycles. The number of hydrogen-bond acceptors (Lipinski definition) is 6. The highest BCUT2D eigenvalue weighted by Gasteiger charge is 2.08. The van der Waals surface area contributed by atoms with Crippen LogP contribution in [0, 0.1) is 0 Å². The number of thiophene rings is 1. The van der Waals surface area contributed by atoms with E-state index in [-0.39, 0.29) is 0 Å². The molecule has 0 bridgehead atoms. The lowest BCUT2D eigenvalue weighted by Crippen LogP contribution is -2.19. The summed E-state index contributed by atoms with van der Waals surface area (Å²) in [5, 5.41) is 8.57. The number of halogens is 1. The maximum Gasteiger partial charge on any atom is 0.185 e. The minimum Gasteiger partial charge on any atom is -0.383 e. The largest absolute Gasteiger partial charge is 0.383 e. The van der Waals surface area contributed by atoms with Crippen molar-refractivity contribution in [3.63, 3.8) is 0 Å². The van der Waals surface area contributed by atoms with Crippen LogP contribution in [0.5, 0.6) is 0 Å². The maximum atomic E-state index is 5.00. The molecule has 110 valence electrons. The first-order chi connectivity index (χ1) is 9.69. The van der Waals surface area contributed by atoms with Crippen LogP contribution in [-0.4, -0.2) is 32.3 Å². The van der Waals surface area contributed by atoms with Gasteiger partial charge in [0.05, 0.1) is 18.8 Å². The Kier molecular flexibility index (Phi) is 6.44. The van der Waals surface area contributed by atoms with E-state index in [0.29, 0.717) is 0 Å². The normalized spacial score (nSPS) is 10.9. The smallest absolute Gasteiger partial charge is 0.185 e. The molecule has 2 rings (SSSR count). The lowest BCUT2D eigenvalue weighted by molar-refractivity contribution is 0.199. The Balaban J connectivity index is 1.84. The molecule has 0 unspecified atom stereocenters. The molecule has 2 aromatic heterocycles. The average Bonchev–Trinajstić information content (AvgIpc) is 3.04. The quantitative estimate of drug-likeness (QED) is 0.717. The van der Waals surface area contributed by atoms with Crippen LogP contribution in [-0.2, 0) is 17.8 Å². The van der Waals surface area contributed by atoms with Gasteiger partial charge in [0, 0.05) is 47.4 Å². The van der Waals surface area contributed by atoms with E-state index >= 15 is 0 Å². The molecule has 0 aliphatic heterocycles. The van der Waals surface area contributed by atoms with Gasteiger partial charge in [-0.3, -0.25) is 0 Å². The first-order valence-corrected chi connectivity index (χ1v) is 8.82. The summed E-state index contributed by atoms with van der Waals surface area (Å²) >= 11 is 6.93. The highest BCUT2D eigenvalue weighted by atomic mass is 79.9. The van der Waals surface area contributed by atoms with Crippen LogP contribution in [0.2, 0.25) is 0 Å². The van der Waals surface area contributed by atoms with Crippen molar-refractivity contribution in [2.75, 3.05) is 32.2 Å². The average molecular weight is 376 g/mol. The Morgan fingerprint density at radius 1 is 1.40 bits per heavy atom. The molecular formula is C13H18BrN3OS2. The Bertz CT molecular complexity index is 529. The van der Waals surface area contributed by atoms with Crippen molar-refractivity contribution in [1.82, 2.24) is 10.3 Å². The number of nitrogens with one attached hydrogen (secondary N) is 1. The second-order valence-corrected chi connectivity index (χ2v) is 7.13. The topological polar surface area (TPSA) is 37.4 Å². The number of ether oxygens (including phenoxy) is 1. The van der Waals surface area contributed by atoms with Gasteiger partial charge in [-0.15, -0.1) is 22.7 Å². The predicted octanol–water partition coefficient (Wildman–Crippen LogP) is 3.34. The maximum absolute atomic E-state index is 5.00. The molecule has 1 N–H and O–H groups in total. The number of anilines is 1. The Morgan fingerprint density at radius 2 is 2.25 bits per heavy atom. The summed E-state index contributed by atoms with van der Waals surface area (Å²) in [7, 11) is 3.79. The fourth-order valence-electron chi connectivity index (χ4n) is 1.68. The molecule has 0 atom stereocenters. The van der Waals surface area contributed by atoms with E-state index in [9.17, 15) is 0 Å². The van der Waals surface area contributed by atoms with Crippen molar-refractivity contribution in [2.45, 2.75) is 13.1 Å². The van der Waals surface area contributed by atoms with Crippen molar-refractivity contribution >= 4 is 43.7 Å². The van der Waals surface area contributed by atoms with E-state index in [2.05, 4.69) is 55.0 Å². The van der Waals surface area contributed by atoms with Crippen molar-refractivity contribution < 1.29 is 4.74 Å². The predicted molar refractivity (Wildman–Crippen MR) is 89.8 cm³/mol. The first-order valence-electron chi connectivity index (χ1n) is 6.27. The Hall–Kier alpha value is -0.470. The molecular weight excluding hydrogens is 358 g/mol. The van der Waals surface area contributed by atoms with Gasteiger partial charge in [-0.25, -0.2) is 4.98 Å². The van der Waals surface area contributed by atoms with Crippen LogP contribution in [0.3, 0.4) is 0 Å². The Morgan fingerprint density at radius 3 is 2.95 bits per heavy atom.